The Labute approximate surface area is 104 Å². The number of ketones is 1. The van der Waals surface area contributed by atoms with E-state index < -0.39 is 5.54 Å². The van der Waals surface area contributed by atoms with E-state index in [1.54, 1.807) is 10.9 Å². The van der Waals surface area contributed by atoms with Crippen LogP contribution in [0.1, 0.15) is 44.1 Å². The summed E-state index contributed by atoms with van der Waals surface area (Å²) in [6.45, 7) is 6.48. The first-order valence-corrected chi connectivity index (χ1v) is 6.34. The summed E-state index contributed by atoms with van der Waals surface area (Å²) in [5, 5.41) is 4.13. The van der Waals surface area contributed by atoms with Gasteiger partial charge in [-0.3, -0.25) is 9.48 Å². The van der Waals surface area contributed by atoms with Crippen LogP contribution in [0.5, 0.6) is 0 Å². The second-order valence-corrected chi connectivity index (χ2v) is 4.70. The number of Topliss-reactive ketones (excluding diaryl/α,β-unsaturated/α-hetero) is 1. The van der Waals surface area contributed by atoms with Gasteiger partial charge in [0.2, 0.25) is 5.78 Å². The molecule has 0 aromatic carbocycles. The molecule has 4 nitrogen and oxygen atoms in total. The Kier molecular flexibility index (Phi) is 4.27. The van der Waals surface area contributed by atoms with Gasteiger partial charge < -0.3 is 5.73 Å². The van der Waals surface area contributed by atoms with Crippen LogP contribution in [0.3, 0.4) is 0 Å². The first-order valence-electron chi connectivity index (χ1n) is 5.55. The molecule has 2 N–H and O–H groups in total. The first kappa shape index (κ1) is 13.4. The van der Waals surface area contributed by atoms with Crippen molar-refractivity contribution < 1.29 is 4.79 Å². The molecule has 0 amide bonds. The zero-order chi connectivity index (χ0) is 12.3. The Bertz CT molecular complexity index is 383. The Morgan fingerprint density at radius 1 is 1.50 bits per heavy atom. The van der Waals surface area contributed by atoms with Crippen LogP contribution in [0.15, 0.2) is 10.7 Å². The lowest BCUT2D eigenvalue weighted by molar-refractivity contribution is 0.0867. The highest BCUT2D eigenvalue weighted by Gasteiger charge is 2.34. The number of nitrogens with zero attached hydrogens (tertiary/aromatic N) is 2. The summed E-state index contributed by atoms with van der Waals surface area (Å²) in [6, 6.07) is 0. The fraction of sp³-hybridized carbons (Fsp3) is 0.636. The average Bonchev–Trinajstić information content (AvgIpc) is 2.68. The fourth-order valence-corrected chi connectivity index (χ4v) is 2.11. The standard InChI is InChI=1S/C11H18BrN3O/c1-4-11(13,5-2)10(16)9-8(12)7-14-15(9)6-3/h7H,4-6,13H2,1-3H3. The summed E-state index contributed by atoms with van der Waals surface area (Å²) in [6.07, 6.45) is 2.90. The zero-order valence-corrected chi connectivity index (χ0v) is 11.5. The maximum Gasteiger partial charge on any atom is 0.201 e. The lowest BCUT2D eigenvalue weighted by atomic mass is 9.87. The van der Waals surface area contributed by atoms with Crippen molar-refractivity contribution in [2.24, 2.45) is 5.73 Å². The van der Waals surface area contributed by atoms with E-state index in [-0.39, 0.29) is 5.78 Å². The van der Waals surface area contributed by atoms with Crippen LogP contribution >= 0.6 is 15.9 Å². The van der Waals surface area contributed by atoms with E-state index in [0.717, 1.165) is 4.47 Å². The molecule has 0 aliphatic heterocycles. The van der Waals surface area contributed by atoms with E-state index in [1.165, 1.54) is 0 Å². The number of rotatable bonds is 5. The Balaban J connectivity index is 3.18. The molecule has 1 aromatic heterocycles. The van der Waals surface area contributed by atoms with E-state index in [4.69, 9.17) is 5.73 Å². The summed E-state index contributed by atoms with van der Waals surface area (Å²) in [5.74, 6) is -0.0382. The molecule has 16 heavy (non-hydrogen) atoms. The first-order chi connectivity index (χ1) is 7.50. The molecule has 0 saturated heterocycles. The number of nitrogens with two attached hydrogens (primary N) is 1. The molecule has 0 unspecified atom stereocenters. The van der Waals surface area contributed by atoms with Gasteiger partial charge in [0.05, 0.1) is 16.2 Å². The molecule has 5 heteroatoms. The van der Waals surface area contributed by atoms with Gasteiger partial charge in [0.15, 0.2) is 0 Å². The molecular formula is C11H18BrN3O. The van der Waals surface area contributed by atoms with Gasteiger partial charge in [-0.2, -0.15) is 5.10 Å². The molecule has 0 bridgehead atoms. The monoisotopic (exact) mass is 287 g/mol. The molecular weight excluding hydrogens is 270 g/mol. The molecule has 0 radical (unpaired) electrons. The Morgan fingerprint density at radius 3 is 2.50 bits per heavy atom. The number of halogens is 1. The van der Waals surface area contributed by atoms with Crippen LogP contribution in [0.4, 0.5) is 0 Å². The van der Waals surface area contributed by atoms with Gasteiger partial charge in [0.25, 0.3) is 0 Å². The minimum atomic E-state index is -0.782. The summed E-state index contributed by atoms with van der Waals surface area (Å²) >= 11 is 3.35. The van der Waals surface area contributed by atoms with Crippen molar-refractivity contribution in [1.29, 1.82) is 0 Å². The molecule has 1 heterocycles. The summed E-state index contributed by atoms with van der Waals surface area (Å²) < 4.78 is 2.40. The van der Waals surface area contributed by atoms with Gasteiger partial charge in [0, 0.05) is 6.54 Å². The van der Waals surface area contributed by atoms with Crippen molar-refractivity contribution in [2.45, 2.75) is 45.7 Å². The molecule has 0 fully saturated rings. The molecule has 1 aromatic rings. The summed E-state index contributed by atoms with van der Waals surface area (Å²) in [4.78, 5) is 12.4. The quantitative estimate of drug-likeness (QED) is 0.846. The van der Waals surface area contributed by atoms with Crippen LogP contribution in [-0.4, -0.2) is 21.1 Å². The van der Waals surface area contributed by atoms with Gasteiger partial charge in [-0.25, -0.2) is 0 Å². The van der Waals surface area contributed by atoms with Crippen LogP contribution in [-0.2, 0) is 6.54 Å². The number of aryl methyl sites for hydroxylation is 1. The predicted octanol–water partition coefficient (Wildman–Crippen LogP) is 2.37. The molecule has 1 rings (SSSR count). The Hall–Kier alpha value is -0.680. The zero-order valence-electron chi connectivity index (χ0n) is 9.96. The van der Waals surface area contributed by atoms with Gasteiger partial charge in [-0.1, -0.05) is 13.8 Å². The number of carbonyl (C=O) groups excluding carboxylic acids is 1. The predicted molar refractivity (Wildman–Crippen MR) is 67.4 cm³/mol. The van der Waals surface area contributed by atoms with Crippen molar-refractivity contribution in [1.82, 2.24) is 9.78 Å². The molecule has 0 saturated carbocycles. The van der Waals surface area contributed by atoms with Crippen molar-refractivity contribution in [2.75, 3.05) is 0 Å². The van der Waals surface area contributed by atoms with Crippen LogP contribution in [0.2, 0.25) is 0 Å². The van der Waals surface area contributed by atoms with E-state index in [9.17, 15) is 4.79 Å². The molecule has 90 valence electrons. The third-order valence-electron chi connectivity index (χ3n) is 3.02. The smallest absolute Gasteiger partial charge is 0.201 e. The second kappa shape index (κ2) is 5.10. The van der Waals surface area contributed by atoms with Crippen molar-refractivity contribution in [3.8, 4) is 0 Å². The number of aromatic nitrogens is 2. The second-order valence-electron chi connectivity index (χ2n) is 3.85. The highest BCUT2D eigenvalue weighted by atomic mass is 79.9. The average molecular weight is 288 g/mol. The summed E-state index contributed by atoms with van der Waals surface area (Å²) in [7, 11) is 0. The Morgan fingerprint density at radius 2 is 2.06 bits per heavy atom. The van der Waals surface area contributed by atoms with Gasteiger partial charge in [-0.05, 0) is 35.7 Å². The third kappa shape index (κ3) is 2.20. The van der Waals surface area contributed by atoms with Crippen molar-refractivity contribution in [3.05, 3.63) is 16.4 Å². The molecule has 0 atom stereocenters. The lowest BCUT2D eigenvalue weighted by Gasteiger charge is -2.25. The van der Waals surface area contributed by atoms with Crippen LogP contribution in [0, 0.1) is 0 Å². The van der Waals surface area contributed by atoms with Crippen LogP contribution < -0.4 is 5.73 Å². The van der Waals surface area contributed by atoms with E-state index in [0.29, 0.717) is 25.1 Å². The lowest BCUT2D eigenvalue weighted by Crippen LogP contribution is -2.47. The SMILES string of the molecule is CCn1ncc(Br)c1C(=O)C(N)(CC)CC. The van der Waals surface area contributed by atoms with E-state index >= 15 is 0 Å². The summed E-state index contributed by atoms with van der Waals surface area (Å²) in [5.41, 5.74) is 5.91. The highest BCUT2D eigenvalue weighted by Crippen LogP contribution is 2.24. The van der Waals surface area contributed by atoms with Gasteiger partial charge in [-0.15, -0.1) is 0 Å². The maximum atomic E-state index is 12.4. The minimum absolute atomic E-state index is 0.0382. The van der Waals surface area contributed by atoms with E-state index in [1.807, 2.05) is 20.8 Å². The van der Waals surface area contributed by atoms with Gasteiger partial charge in [0.1, 0.15) is 5.69 Å². The third-order valence-corrected chi connectivity index (χ3v) is 3.60. The van der Waals surface area contributed by atoms with Crippen LogP contribution in [0.25, 0.3) is 0 Å². The molecule has 0 aliphatic rings. The van der Waals surface area contributed by atoms with Crippen molar-refractivity contribution >= 4 is 21.7 Å². The van der Waals surface area contributed by atoms with Gasteiger partial charge >= 0.3 is 0 Å². The normalized spacial score (nSPS) is 11.8. The minimum Gasteiger partial charge on any atom is -0.319 e. The van der Waals surface area contributed by atoms with E-state index in [2.05, 4.69) is 21.0 Å². The molecule has 0 aliphatic carbocycles. The topological polar surface area (TPSA) is 60.9 Å². The number of hydrogen-bond donors (Lipinski definition) is 1. The highest BCUT2D eigenvalue weighted by molar-refractivity contribution is 9.10. The maximum absolute atomic E-state index is 12.4. The largest absolute Gasteiger partial charge is 0.319 e. The number of hydrogen-bond acceptors (Lipinski definition) is 3. The number of carbonyl (C=O) groups is 1. The fourth-order valence-electron chi connectivity index (χ4n) is 1.63. The van der Waals surface area contributed by atoms with Crippen molar-refractivity contribution in [3.63, 3.8) is 0 Å². The molecule has 0 spiro atoms.